The fourth-order valence-corrected chi connectivity index (χ4v) is 3.69. The molecule has 2 aromatic rings. The molecule has 3 rings (SSSR count). The van der Waals surface area contributed by atoms with E-state index in [1.807, 2.05) is 31.2 Å². The second-order valence-electron chi connectivity index (χ2n) is 7.24. The highest BCUT2D eigenvalue weighted by atomic mass is 16.2. The number of pyridine rings is 1. The zero-order valence-electron chi connectivity index (χ0n) is 15.3. The van der Waals surface area contributed by atoms with Crippen molar-refractivity contribution in [1.82, 2.24) is 9.88 Å². The lowest BCUT2D eigenvalue weighted by Gasteiger charge is -2.23. The first-order valence-corrected chi connectivity index (χ1v) is 9.55. The molecule has 1 aromatic heterocycles. The van der Waals surface area contributed by atoms with Crippen LogP contribution in [0.5, 0.6) is 0 Å². The third kappa shape index (κ3) is 3.94. The number of benzene rings is 1. The summed E-state index contributed by atoms with van der Waals surface area (Å²) in [5.41, 5.74) is 1.51. The van der Waals surface area contributed by atoms with Gasteiger partial charge in [-0.1, -0.05) is 50.3 Å². The van der Waals surface area contributed by atoms with Crippen LogP contribution in [0.4, 0.5) is 0 Å². The van der Waals surface area contributed by atoms with Crippen molar-refractivity contribution < 1.29 is 4.79 Å². The fraction of sp³-hybridized carbons (Fsp3) is 0.524. The van der Waals surface area contributed by atoms with Gasteiger partial charge in [-0.15, -0.1) is 0 Å². The third-order valence-corrected chi connectivity index (χ3v) is 5.18. The van der Waals surface area contributed by atoms with Crippen LogP contribution in [0.2, 0.25) is 0 Å². The molecule has 1 fully saturated rings. The Kier molecular flexibility index (Phi) is 5.57. The molecule has 25 heavy (non-hydrogen) atoms. The Hall–Kier alpha value is -2.10. The van der Waals surface area contributed by atoms with Crippen molar-refractivity contribution in [3.8, 4) is 0 Å². The van der Waals surface area contributed by atoms with Crippen molar-refractivity contribution in [3.05, 3.63) is 45.9 Å². The van der Waals surface area contributed by atoms with Gasteiger partial charge < -0.3 is 9.88 Å². The molecule has 134 valence electrons. The predicted molar refractivity (Wildman–Crippen MR) is 102 cm³/mol. The molecular formula is C21H28N2O2. The van der Waals surface area contributed by atoms with Gasteiger partial charge in [0.15, 0.2) is 0 Å². The molecule has 0 bridgehead atoms. The summed E-state index contributed by atoms with van der Waals surface area (Å²) in [6.45, 7) is 4.67. The van der Waals surface area contributed by atoms with E-state index >= 15 is 0 Å². The normalized spacial score (nSPS) is 15.4. The monoisotopic (exact) mass is 340 g/mol. The average Bonchev–Trinajstić information content (AvgIpc) is 2.62. The lowest BCUT2D eigenvalue weighted by Crippen LogP contribution is -2.39. The molecule has 1 heterocycles. The number of hydrogen-bond donors (Lipinski definition) is 1. The first-order chi connectivity index (χ1) is 12.1. The summed E-state index contributed by atoms with van der Waals surface area (Å²) in [4.78, 5) is 25.9. The summed E-state index contributed by atoms with van der Waals surface area (Å²) >= 11 is 0. The van der Waals surface area contributed by atoms with Crippen LogP contribution >= 0.6 is 0 Å². The lowest BCUT2D eigenvalue weighted by molar-refractivity contribution is 0.0917. The highest BCUT2D eigenvalue weighted by molar-refractivity contribution is 5.97. The van der Waals surface area contributed by atoms with E-state index in [9.17, 15) is 9.59 Å². The van der Waals surface area contributed by atoms with Crippen LogP contribution in [0, 0.1) is 6.92 Å². The molecule has 1 saturated carbocycles. The molecule has 0 spiro atoms. The molecule has 0 radical (unpaired) electrons. The van der Waals surface area contributed by atoms with Crippen LogP contribution in [0.25, 0.3) is 10.8 Å². The maximum Gasteiger partial charge on any atom is 0.268 e. The van der Waals surface area contributed by atoms with Gasteiger partial charge in [0, 0.05) is 18.0 Å². The number of aryl methyl sites for hydroxylation is 1. The van der Waals surface area contributed by atoms with E-state index in [0.717, 1.165) is 36.6 Å². The zero-order valence-corrected chi connectivity index (χ0v) is 15.3. The van der Waals surface area contributed by atoms with E-state index in [0.29, 0.717) is 17.6 Å². The van der Waals surface area contributed by atoms with Crippen LogP contribution in [0.3, 0.4) is 0 Å². The lowest BCUT2D eigenvalue weighted by atomic mass is 9.95. The van der Waals surface area contributed by atoms with Gasteiger partial charge in [-0.25, -0.2) is 0 Å². The summed E-state index contributed by atoms with van der Waals surface area (Å²) in [5.74, 6) is -0.109. The van der Waals surface area contributed by atoms with E-state index in [2.05, 4.69) is 12.2 Å². The largest absolute Gasteiger partial charge is 0.348 e. The van der Waals surface area contributed by atoms with E-state index in [1.165, 1.54) is 19.3 Å². The molecule has 1 N–H and O–H groups in total. The van der Waals surface area contributed by atoms with E-state index in [1.54, 1.807) is 4.57 Å². The van der Waals surface area contributed by atoms with Gasteiger partial charge in [0.05, 0.1) is 0 Å². The quantitative estimate of drug-likeness (QED) is 0.888. The Balaban J connectivity index is 2.00. The number of fused-ring (bicyclic) bond motifs is 1. The molecule has 0 saturated heterocycles. The highest BCUT2D eigenvalue weighted by Crippen LogP contribution is 2.19. The number of rotatable bonds is 5. The minimum atomic E-state index is -0.109. The fourth-order valence-electron chi connectivity index (χ4n) is 3.69. The maximum absolute atomic E-state index is 13.0. The van der Waals surface area contributed by atoms with Crippen molar-refractivity contribution in [3.63, 3.8) is 0 Å². The van der Waals surface area contributed by atoms with Crippen molar-refractivity contribution in [2.75, 3.05) is 0 Å². The van der Waals surface area contributed by atoms with Gasteiger partial charge in [-0.05, 0) is 43.7 Å². The smallest absolute Gasteiger partial charge is 0.268 e. The average molecular weight is 340 g/mol. The molecule has 1 aliphatic rings. The summed E-state index contributed by atoms with van der Waals surface area (Å²) in [5, 5.41) is 4.70. The Morgan fingerprint density at radius 3 is 2.68 bits per heavy atom. The molecular weight excluding hydrogens is 312 g/mol. The maximum atomic E-state index is 13.0. The molecule has 1 aliphatic carbocycles. The number of unbranched alkanes of at least 4 members (excludes halogenated alkanes) is 1. The number of carbonyl (C=O) groups is 1. The number of aromatic nitrogens is 1. The molecule has 1 amide bonds. The summed E-state index contributed by atoms with van der Waals surface area (Å²) in [6, 6.07) is 7.96. The van der Waals surface area contributed by atoms with Crippen molar-refractivity contribution >= 4 is 16.7 Å². The minimum Gasteiger partial charge on any atom is -0.348 e. The molecule has 1 aromatic carbocycles. The van der Waals surface area contributed by atoms with Gasteiger partial charge in [0.1, 0.15) is 5.69 Å². The highest BCUT2D eigenvalue weighted by Gasteiger charge is 2.20. The molecule has 4 nitrogen and oxygen atoms in total. The van der Waals surface area contributed by atoms with Gasteiger partial charge >= 0.3 is 0 Å². The van der Waals surface area contributed by atoms with Gasteiger partial charge in [-0.2, -0.15) is 0 Å². The van der Waals surface area contributed by atoms with Gasteiger partial charge in [0.2, 0.25) is 0 Å². The second-order valence-corrected chi connectivity index (χ2v) is 7.24. The van der Waals surface area contributed by atoms with Crippen molar-refractivity contribution in [2.24, 2.45) is 0 Å². The Bertz CT molecular complexity index is 816. The van der Waals surface area contributed by atoms with E-state index in [4.69, 9.17) is 0 Å². The van der Waals surface area contributed by atoms with Gasteiger partial charge in [0.25, 0.3) is 11.5 Å². The third-order valence-electron chi connectivity index (χ3n) is 5.18. The summed E-state index contributed by atoms with van der Waals surface area (Å²) < 4.78 is 1.67. The molecule has 4 heteroatoms. The number of hydrogen-bond acceptors (Lipinski definition) is 2. The molecule has 0 atom stereocenters. The number of nitrogens with zero attached hydrogens (tertiary/aromatic N) is 1. The zero-order chi connectivity index (χ0) is 17.8. The summed E-state index contributed by atoms with van der Waals surface area (Å²) in [7, 11) is 0. The number of carbonyl (C=O) groups excluding carboxylic acids is 1. The first-order valence-electron chi connectivity index (χ1n) is 9.55. The van der Waals surface area contributed by atoms with Crippen LogP contribution in [0.15, 0.2) is 29.1 Å². The SMILES string of the molecule is CCCCn1c(C(=O)NC2CCCCC2)cc2ccc(C)cc2c1=O. The second kappa shape index (κ2) is 7.85. The topological polar surface area (TPSA) is 51.1 Å². The first kappa shape index (κ1) is 17.7. The molecule has 0 unspecified atom stereocenters. The van der Waals surface area contributed by atoms with Crippen molar-refractivity contribution in [1.29, 1.82) is 0 Å². The predicted octanol–water partition coefficient (Wildman–Crippen LogP) is 4.17. The van der Waals surface area contributed by atoms with E-state index < -0.39 is 0 Å². The minimum absolute atomic E-state index is 0.0524. The molecule has 0 aliphatic heterocycles. The number of amides is 1. The van der Waals surface area contributed by atoms with E-state index in [-0.39, 0.29) is 17.5 Å². The number of nitrogens with one attached hydrogen (secondary N) is 1. The Morgan fingerprint density at radius 2 is 1.96 bits per heavy atom. The van der Waals surface area contributed by atoms with Crippen LogP contribution in [-0.2, 0) is 6.54 Å². The Morgan fingerprint density at radius 1 is 1.20 bits per heavy atom. The van der Waals surface area contributed by atoms with Crippen LogP contribution < -0.4 is 10.9 Å². The van der Waals surface area contributed by atoms with Crippen molar-refractivity contribution in [2.45, 2.75) is 71.4 Å². The van der Waals surface area contributed by atoms with Crippen LogP contribution in [0.1, 0.15) is 67.9 Å². The van der Waals surface area contributed by atoms with Gasteiger partial charge in [-0.3, -0.25) is 9.59 Å². The van der Waals surface area contributed by atoms with Crippen LogP contribution in [-0.4, -0.2) is 16.5 Å². The summed E-state index contributed by atoms with van der Waals surface area (Å²) in [6.07, 6.45) is 7.55. The Labute approximate surface area is 149 Å². The standard InChI is InChI=1S/C21H28N2O2/c1-3-4-12-23-19(20(24)22-17-8-6-5-7-9-17)14-16-11-10-15(2)13-18(16)21(23)25/h10-11,13-14,17H,3-9,12H2,1-2H3,(H,22,24).